The Labute approximate surface area is 88.6 Å². The van der Waals surface area contributed by atoms with Gasteiger partial charge in [-0.2, -0.15) is 0 Å². The Hall–Kier alpha value is -1.55. The summed E-state index contributed by atoms with van der Waals surface area (Å²) in [5.41, 5.74) is 1.76. The average Bonchev–Trinajstić information content (AvgIpc) is 2.58. The number of aromatic nitrogens is 2. The predicted octanol–water partition coefficient (Wildman–Crippen LogP) is 1.89. The Bertz CT molecular complexity index is 476. The molecule has 1 atom stereocenters. The quantitative estimate of drug-likeness (QED) is 0.787. The zero-order chi connectivity index (χ0) is 11.0. The molecule has 1 aromatic carbocycles. The third-order valence-corrected chi connectivity index (χ3v) is 2.65. The highest BCUT2D eigenvalue weighted by atomic mass is 16.3. The Morgan fingerprint density at radius 1 is 1.40 bits per heavy atom. The maximum atomic E-state index is 9.33. The molecule has 0 fully saturated rings. The minimum absolute atomic E-state index is 0.236. The van der Waals surface area contributed by atoms with E-state index in [9.17, 15) is 5.11 Å². The van der Waals surface area contributed by atoms with Crippen LogP contribution in [0.15, 0.2) is 18.2 Å². The molecule has 0 bridgehead atoms. The minimum atomic E-state index is 0.236. The third kappa shape index (κ3) is 1.80. The van der Waals surface area contributed by atoms with E-state index in [1.165, 1.54) is 0 Å². The molecule has 4 heteroatoms. The second-order valence-electron chi connectivity index (χ2n) is 3.96. The number of fused-ring (bicyclic) bond motifs is 1. The van der Waals surface area contributed by atoms with Crippen LogP contribution in [-0.2, 0) is 0 Å². The number of phenols is 1. The molecule has 0 saturated carbocycles. The minimum Gasteiger partial charge on any atom is -0.508 e. The Morgan fingerprint density at radius 2 is 2.13 bits per heavy atom. The summed E-state index contributed by atoms with van der Waals surface area (Å²) < 4.78 is 0. The van der Waals surface area contributed by atoms with Crippen LogP contribution in [0, 0.1) is 0 Å². The van der Waals surface area contributed by atoms with E-state index >= 15 is 0 Å². The number of hydrogen-bond acceptors (Lipinski definition) is 3. The van der Waals surface area contributed by atoms with Crippen molar-refractivity contribution >= 4 is 11.0 Å². The smallest absolute Gasteiger partial charge is 0.124 e. The van der Waals surface area contributed by atoms with Gasteiger partial charge < -0.3 is 10.1 Å². The van der Waals surface area contributed by atoms with Gasteiger partial charge in [0.15, 0.2) is 0 Å². The molecular weight excluding hydrogens is 190 g/mol. The number of aromatic amines is 1. The molecule has 0 aliphatic heterocycles. The van der Waals surface area contributed by atoms with Gasteiger partial charge in [-0.3, -0.25) is 4.90 Å². The van der Waals surface area contributed by atoms with Crippen molar-refractivity contribution in [1.82, 2.24) is 14.9 Å². The molecule has 0 saturated heterocycles. The van der Waals surface area contributed by atoms with Crippen LogP contribution in [0.5, 0.6) is 5.75 Å². The molecule has 0 radical (unpaired) electrons. The van der Waals surface area contributed by atoms with Crippen LogP contribution in [0.1, 0.15) is 18.8 Å². The fourth-order valence-corrected chi connectivity index (χ4v) is 1.46. The molecule has 2 rings (SSSR count). The molecule has 0 amide bonds. The first-order valence-electron chi connectivity index (χ1n) is 4.93. The summed E-state index contributed by atoms with van der Waals surface area (Å²) in [5.74, 6) is 1.18. The van der Waals surface area contributed by atoms with Crippen molar-refractivity contribution in [3.63, 3.8) is 0 Å². The Balaban J connectivity index is 2.47. The normalized spacial score (nSPS) is 13.6. The Kier molecular flexibility index (Phi) is 2.36. The monoisotopic (exact) mass is 205 g/mol. The number of nitrogens with one attached hydrogen (secondary N) is 1. The summed E-state index contributed by atoms with van der Waals surface area (Å²) in [4.78, 5) is 9.75. The number of nitrogens with zero attached hydrogens (tertiary/aromatic N) is 2. The average molecular weight is 205 g/mol. The van der Waals surface area contributed by atoms with Crippen LogP contribution < -0.4 is 0 Å². The summed E-state index contributed by atoms with van der Waals surface area (Å²) in [7, 11) is 4.02. The van der Waals surface area contributed by atoms with Crippen LogP contribution in [0.4, 0.5) is 0 Å². The van der Waals surface area contributed by atoms with Crippen LogP contribution in [-0.4, -0.2) is 34.1 Å². The number of phenolic OH excluding ortho intramolecular Hbond substituents is 1. The zero-order valence-electron chi connectivity index (χ0n) is 9.15. The van der Waals surface area contributed by atoms with Gasteiger partial charge in [0.25, 0.3) is 0 Å². The number of H-pyrrole nitrogens is 1. The van der Waals surface area contributed by atoms with Crippen molar-refractivity contribution < 1.29 is 5.11 Å². The molecule has 15 heavy (non-hydrogen) atoms. The van der Waals surface area contributed by atoms with E-state index in [2.05, 4.69) is 21.8 Å². The maximum Gasteiger partial charge on any atom is 0.124 e. The van der Waals surface area contributed by atoms with Gasteiger partial charge in [-0.15, -0.1) is 0 Å². The summed E-state index contributed by atoms with van der Waals surface area (Å²) >= 11 is 0. The molecule has 0 aliphatic carbocycles. The van der Waals surface area contributed by atoms with Gasteiger partial charge in [0.05, 0.1) is 17.1 Å². The lowest BCUT2D eigenvalue weighted by Gasteiger charge is -2.16. The van der Waals surface area contributed by atoms with E-state index in [1.54, 1.807) is 12.1 Å². The standard InChI is InChI=1S/C11H15N3O/c1-7(14(2)3)11-12-9-5-4-8(15)6-10(9)13-11/h4-7,15H,1-3H3,(H,12,13). The molecule has 1 aromatic heterocycles. The van der Waals surface area contributed by atoms with E-state index in [-0.39, 0.29) is 11.8 Å². The number of imidazole rings is 1. The second kappa shape index (κ2) is 3.55. The molecule has 2 N–H and O–H groups in total. The summed E-state index contributed by atoms with van der Waals surface area (Å²) in [6, 6.07) is 5.38. The van der Waals surface area contributed by atoms with Crippen LogP contribution >= 0.6 is 0 Å². The van der Waals surface area contributed by atoms with E-state index in [0.29, 0.717) is 0 Å². The molecule has 1 heterocycles. The fraction of sp³-hybridized carbons (Fsp3) is 0.364. The van der Waals surface area contributed by atoms with E-state index in [4.69, 9.17) is 0 Å². The molecule has 1 unspecified atom stereocenters. The van der Waals surface area contributed by atoms with E-state index in [1.807, 2.05) is 20.2 Å². The van der Waals surface area contributed by atoms with E-state index in [0.717, 1.165) is 16.9 Å². The molecular formula is C11H15N3O. The molecule has 4 nitrogen and oxygen atoms in total. The topological polar surface area (TPSA) is 52.2 Å². The first kappa shape index (κ1) is 9.98. The largest absolute Gasteiger partial charge is 0.508 e. The van der Waals surface area contributed by atoms with Gasteiger partial charge in [0.1, 0.15) is 11.6 Å². The van der Waals surface area contributed by atoms with Gasteiger partial charge in [0, 0.05) is 6.07 Å². The summed E-state index contributed by atoms with van der Waals surface area (Å²) in [5, 5.41) is 9.33. The lowest BCUT2D eigenvalue weighted by Crippen LogP contribution is -2.17. The van der Waals surface area contributed by atoms with Crippen molar-refractivity contribution in [1.29, 1.82) is 0 Å². The van der Waals surface area contributed by atoms with Crippen LogP contribution in [0.2, 0.25) is 0 Å². The molecule has 0 spiro atoms. The molecule has 0 aliphatic rings. The first-order chi connectivity index (χ1) is 7.08. The second-order valence-corrected chi connectivity index (χ2v) is 3.96. The molecule has 80 valence electrons. The highest BCUT2D eigenvalue weighted by Crippen LogP contribution is 2.21. The highest BCUT2D eigenvalue weighted by molar-refractivity contribution is 5.76. The number of aromatic hydroxyl groups is 1. The lowest BCUT2D eigenvalue weighted by molar-refractivity contribution is 0.310. The van der Waals surface area contributed by atoms with Gasteiger partial charge in [0.2, 0.25) is 0 Å². The lowest BCUT2D eigenvalue weighted by atomic mass is 10.3. The maximum absolute atomic E-state index is 9.33. The van der Waals surface area contributed by atoms with Crippen LogP contribution in [0.3, 0.4) is 0 Å². The fourth-order valence-electron chi connectivity index (χ4n) is 1.46. The van der Waals surface area contributed by atoms with Gasteiger partial charge in [-0.05, 0) is 33.2 Å². The highest BCUT2D eigenvalue weighted by Gasteiger charge is 2.12. The number of hydrogen-bond donors (Lipinski definition) is 2. The van der Waals surface area contributed by atoms with Gasteiger partial charge in [-0.25, -0.2) is 4.98 Å². The van der Waals surface area contributed by atoms with Crippen molar-refractivity contribution in [2.75, 3.05) is 14.1 Å². The summed E-state index contributed by atoms with van der Waals surface area (Å²) in [6.07, 6.45) is 0. The predicted molar refractivity (Wildman–Crippen MR) is 59.9 cm³/mol. The SMILES string of the molecule is CC(c1nc2ccc(O)cc2[nH]1)N(C)C. The van der Waals surface area contributed by atoms with Crippen LogP contribution in [0.25, 0.3) is 11.0 Å². The third-order valence-electron chi connectivity index (χ3n) is 2.65. The number of rotatable bonds is 2. The zero-order valence-corrected chi connectivity index (χ0v) is 9.15. The van der Waals surface area contributed by atoms with E-state index < -0.39 is 0 Å². The van der Waals surface area contributed by atoms with Gasteiger partial charge in [-0.1, -0.05) is 0 Å². The van der Waals surface area contributed by atoms with Crippen molar-refractivity contribution in [3.05, 3.63) is 24.0 Å². The summed E-state index contributed by atoms with van der Waals surface area (Å²) in [6.45, 7) is 2.08. The van der Waals surface area contributed by atoms with Crippen molar-refractivity contribution in [3.8, 4) is 5.75 Å². The van der Waals surface area contributed by atoms with Crippen molar-refractivity contribution in [2.45, 2.75) is 13.0 Å². The first-order valence-corrected chi connectivity index (χ1v) is 4.93. The Morgan fingerprint density at radius 3 is 2.80 bits per heavy atom. The number of benzene rings is 1. The van der Waals surface area contributed by atoms with Gasteiger partial charge >= 0.3 is 0 Å². The molecule has 2 aromatic rings. The van der Waals surface area contributed by atoms with Crippen molar-refractivity contribution in [2.24, 2.45) is 0 Å².